The van der Waals surface area contributed by atoms with Crippen molar-refractivity contribution in [3.05, 3.63) is 34.6 Å². The third kappa shape index (κ3) is 7.45. The number of hydrogen-bond acceptors (Lipinski definition) is 9. The Morgan fingerprint density at radius 3 is 2.17 bits per heavy atom. The molecule has 0 spiro atoms. The molecule has 0 amide bonds. The molecule has 0 bridgehead atoms. The van der Waals surface area contributed by atoms with Gasteiger partial charge in [-0.05, 0) is 25.8 Å². The van der Waals surface area contributed by atoms with Crippen molar-refractivity contribution in [2.24, 2.45) is 7.05 Å². The molecule has 226 valence electrons. The van der Waals surface area contributed by atoms with Crippen molar-refractivity contribution in [1.82, 2.24) is 24.9 Å². The molecule has 1 atom stereocenters. The number of rotatable bonds is 6. The summed E-state index contributed by atoms with van der Waals surface area (Å²) >= 11 is 0. The van der Waals surface area contributed by atoms with E-state index in [4.69, 9.17) is 14.6 Å². The Labute approximate surface area is 235 Å². The summed E-state index contributed by atoms with van der Waals surface area (Å²) < 4.78 is 38.9. The largest absolute Gasteiger partial charge is 0.490 e. The Hall–Kier alpha value is -3.43. The van der Waals surface area contributed by atoms with Gasteiger partial charge in [0.2, 0.25) is 0 Å². The van der Waals surface area contributed by atoms with Crippen LogP contribution < -0.4 is 15.0 Å². The second-order valence-electron chi connectivity index (χ2n) is 10.4. The van der Waals surface area contributed by atoms with Crippen molar-refractivity contribution in [3.63, 3.8) is 0 Å². The van der Waals surface area contributed by atoms with E-state index in [0.717, 1.165) is 82.0 Å². The van der Waals surface area contributed by atoms with Gasteiger partial charge in [-0.15, -0.1) is 0 Å². The van der Waals surface area contributed by atoms with Gasteiger partial charge in [0.1, 0.15) is 0 Å². The Morgan fingerprint density at radius 2 is 1.71 bits per heavy atom. The number of nitro benzene ring substituents is 1. The molecule has 0 aliphatic carbocycles. The van der Waals surface area contributed by atoms with E-state index in [1.54, 1.807) is 16.9 Å². The number of piperidine rings is 1. The summed E-state index contributed by atoms with van der Waals surface area (Å²) in [7, 11) is 3.35. The monoisotopic (exact) mass is 583 g/mol. The molecule has 5 rings (SSSR count). The van der Waals surface area contributed by atoms with Crippen LogP contribution in [0.4, 0.5) is 24.5 Å². The molecule has 15 heteroatoms. The molecule has 2 N–H and O–H groups in total. The van der Waals surface area contributed by atoms with Gasteiger partial charge in [-0.3, -0.25) is 24.6 Å². The van der Waals surface area contributed by atoms with Crippen molar-refractivity contribution in [2.75, 3.05) is 64.4 Å². The van der Waals surface area contributed by atoms with Gasteiger partial charge >= 0.3 is 17.8 Å². The number of halogens is 3. The number of nitrogens with zero attached hydrogens (tertiary/aromatic N) is 6. The van der Waals surface area contributed by atoms with Crippen LogP contribution in [0.25, 0.3) is 11.1 Å². The maximum absolute atomic E-state index is 11.7. The number of methoxy groups -OCH3 is 1. The first kappa shape index (κ1) is 30.5. The highest BCUT2D eigenvalue weighted by Crippen LogP contribution is 2.41. The average Bonchev–Trinajstić information content (AvgIpc) is 3.65. The van der Waals surface area contributed by atoms with Crippen LogP contribution in [0.5, 0.6) is 5.75 Å². The summed E-state index contributed by atoms with van der Waals surface area (Å²) in [4.78, 5) is 27.9. The number of piperazine rings is 1. The lowest BCUT2D eigenvalue weighted by molar-refractivity contribution is -0.385. The highest BCUT2D eigenvalue weighted by Gasteiger charge is 2.38. The third-order valence-corrected chi connectivity index (χ3v) is 7.97. The first-order valence-electron chi connectivity index (χ1n) is 13.6. The second kappa shape index (κ2) is 13.0. The van der Waals surface area contributed by atoms with Gasteiger partial charge in [0.15, 0.2) is 5.75 Å². The first-order valence-corrected chi connectivity index (χ1v) is 13.6. The van der Waals surface area contributed by atoms with Crippen LogP contribution in [0.2, 0.25) is 0 Å². The van der Waals surface area contributed by atoms with Crippen molar-refractivity contribution in [2.45, 2.75) is 37.5 Å². The normalized spacial score (nSPS) is 20.9. The molecule has 3 aliphatic rings. The number of alkyl halides is 3. The molecule has 4 heterocycles. The fourth-order valence-electron chi connectivity index (χ4n) is 5.81. The number of anilines is 1. The number of aliphatic carboxylic acids is 1. The van der Waals surface area contributed by atoms with Crippen molar-refractivity contribution in [1.29, 1.82) is 0 Å². The quantitative estimate of drug-likeness (QED) is 0.387. The van der Waals surface area contributed by atoms with Crippen molar-refractivity contribution in [3.8, 4) is 16.9 Å². The molecule has 2 aromatic rings. The summed E-state index contributed by atoms with van der Waals surface area (Å²) in [5, 5.41) is 26.6. The van der Waals surface area contributed by atoms with Crippen LogP contribution in [0.15, 0.2) is 24.5 Å². The maximum atomic E-state index is 11.7. The first-order chi connectivity index (χ1) is 19.5. The van der Waals surface area contributed by atoms with Crippen LogP contribution in [0.3, 0.4) is 0 Å². The topological polar surface area (TPSA) is 129 Å². The zero-order valence-electron chi connectivity index (χ0n) is 23.1. The lowest BCUT2D eigenvalue weighted by Gasteiger charge is -2.44. The summed E-state index contributed by atoms with van der Waals surface area (Å²) in [6, 6.07) is 4.78. The Bertz CT molecular complexity index is 1200. The van der Waals surface area contributed by atoms with E-state index in [0.29, 0.717) is 17.8 Å². The van der Waals surface area contributed by atoms with Crippen LogP contribution >= 0.6 is 0 Å². The lowest BCUT2D eigenvalue weighted by Crippen LogP contribution is -2.55. The SMILES string of the molecule is COc1cc(N2CCC(N3CCN(C4CCNC4)CC3)CC2)c(-c2cnn(C)c2)cc1[N+](=O)[O-].O=C(O)C(F)(F)F. The van der Waals surface area contributed by atoms with Crippen molar-refractivity contribution >= 4 is 17.3 Å². The summed E-state index contributed by atoms with van der Waals surface area (Å²) in [5.74, 6) is -2.46. The number of carbonyl (C=O) groups is 1. The van der Waals surface area contributed by atoms with Crippen LogP contribution in [-0.4, -0.2) is 113 Å². The standard InChI is InChI=1S/C24H35N7O3.C2HF3O2/c1-27-17-18(15-26-27)21-13-23(31(32)33)24(34-2)14-22(21)30-7-4-19(5-8-30)28-9-11-29(12-10-28)20-3-6-25-16-20;3-2(4,5)1(6)7/h13-15,17,19-20,25H,3-12,16H2,1-2H3;(H,6,7). The molecule has 3 saturated heterocycles. The number of carboxylic acid groups (broad SMARTS) is 1. The number of aryl methyl sites for hydroxylation is 1. The molecule has 1 aromatic carbocycles. The minimum Gasteiger partial charge on any atom is -0.490 e. The van der Waals surface area contributed by atoms with Crippen LogP contribution in [0, 0.1) is 10.1 Å². The van der Waals surface area contributed by atoms with Gasteiger partial charge in [-0.25, -0.2) is 4.79 Å². The fourth-order valence-corrected chi connectivity index (χ4v) is 5.81. The predicted molar refractivity (Wildman–Crippen MR) is 145 cm³/mol. The van der Waals surface area contributed by atoms with E-state index in [1.165, 1.54) is 13.5 Å². The molecular formula is C26H36F3N7O5. The van der Waals surface area contributed by atoms with Crippen LogP contribution in [-0.2, 0) is 11.8 Å². The number of hydrogen-bond donors (Lipinski definition) is 2. The van der Waals surface area contributed by atoms with E-state index < -0.39 is 12.1 Å². The number of benzene rings is 1. The molecular weight excluding hydrogens is 547 g/mol. The van der Waals surface area contributed by atoms with E-state index in [2.05, 4.69) is 25.1 Å². The van der Waals surface area contributed by atoms with E-state index in [-0.39, 0.29) is 10.6 Å². The number of ether oxygens (including phenoxy) is 1. The van der Waals surface area contributed by atoms with Gasteiger partial charge in [-0.1, -0.05) is 0 Å². The fraction of sp³-hybridized carbons (Fsp3) is 0.615. The van der Waals surface area contributed by atoms with Crippen molar-refractivity contribution < 1.29 is 32.7 Å². The summed E-state index contributed by atoms with van der Waals surface area (Å²) in [5.41, 5.74) is 2.67. The Kier molecular flexibility index (Phi) is 9.71. The molecule has 12 nitrogen and oxygen atoms in total. The highest BCUT2D eigenvalue weighted by molar-refractivity contribution is 5.82. The maximum Gasteiger partial charge on any atom is 0.490 e. The van der Waals surface area contributed by atoms with Gasteiger partial charge in [0.05, 0.1) is 18.2 Å². The summed E-state index contributed by atoms with van der Waals surface area (Å²) in [6.45, 7) is 8.75. The molecule has 0 radical (unpaired) electrons. The van der Waals surface area contributed by atoms with E-state index in [9.17, 15) is 23.3 Å². The minimum absolute atomic E-state index is 0.0182. The minimum atomic E-state index is -5.08. The third-order valence-electron chi connectivity index (χ3n) is 7.97. The molecule has 0 saturated carbocycles. The van der Waals surface area contributed by atoms with E-state index in [1.807, 2.05) is 19.3 Å². The highest BCUT2D eigenvalue weighted by atomic mass is 19.4. The second-order valence-corrected chi connectivity index (χ2v) is 10.4. The zero-order valence-corrected chi connectivity index (χ0v) is 23.1. The van der Waals surface area contributed by atoms with E-state index >= 15 is 0 Å². The average molecular weight is 584 g/mol. The van der Waals surface area contributed by atoms with Crippen LogP contribution in [0.1, 0.15) is 19.3 Å². The van der Waals surface area contributed by atoms with Gasteiger partial charge in [0, 0.05) is 100 Å². The molecule has 3 fully saturated rings. The van der Waals surface area contributed by atoms with Gasteiger partial charge in [-0.2, -0.15) is 18.3 Å². The molecule has 41 heavy (non-hydrogen) atoms. The molecule has 3 aliphatic heterocycles. The Balaban J connectivity index is 0.000000493. The molecule has 1 aromatic heterocycles. The lowest BCUT2D eigenvalue weighted by atomic mass is 9.98. The number of carboxylic acids is 1. The molecule has 1 unspecified atom stereocenters. The predicted octanol–water partition coefficient (Wildman–Crippen LogP) is 2.59. The van der Waals surface area contributed by atoms with Gasteiger partial charge < -0.3 is 20.1 Å². The summed E-state index contributed by atoms with van der Waals surface area (Å²) in [6.07, 6.45) is 2.05. The number of nitro groups is 1. The smallest absolute Gasteiger partial charge is 0.490 e. The van der Waals surface area contributed by atoms with Gasteiger partial charge in [0.25, 0.3) is 0 Å². The number of aromatic nitrogens is 2. The number of nitrogens with one attached hydrogen (secondary N) is 1. The Morgan fingerprint density at radius 1 is 1.10 bits per heavy atom. The zero-order chi connectivity index (χ0) is 29.7.